The first kappa shape index (κ1) is 13.6. The van der Waals surface area contributed by atoms with Gasteiger partial charge in [0.1, 0.15) is 6.10 Å². The lowest BCUT2D eigenvalue weighted by Gasteiger charge is -2.19. The van der Waals surface area contributed by atoms with E-state index in [9.17, 15) is 9.90 Å². The zero-order valence-electron chi connectivity index (χ0n) is 12.0. The van der Waals surface area contributed by atoms with Gasteiger partial charge < -0.3 is 14.7 Å². The molecule has 1 aliphatic heterocycles. The second-order valence-electron chi connectivity index (χ2n) is 5.34. The third-order valence-electron chi connectivity index (χ3n) is 3.76. The van der Waals surface area contributed by atoms with Gasteiger partial charge in [-0.15, -0.1) is 0 Å². The molecule has 3 rings (SSSR count). The number of ether oxygens (including phenoxy) is 1. The lowest BCUT2D eigenvalue weighted by atomic mass is 9.96. The summed E-state index contributed by atoms with van der Waals surface area (Å²) in [4.78, 5) is 13.8. The van der Waals surface area contributed by atoms with Crippen LogP contribution >= 0.6 is 0 Å². The molecule has 1 N–H and O–H groups in total. The van der Waals surface area contributed by atoms with Gasteiger partial charge in [0.2, 0.25) is 0 Å². The van der Waals surface area contributed by atoms with Crippen molar-refractivity contribution in [2.75, 3.05) is 19.0 Å². The van der Waals surface area contributed by atoms with Gasteiger partial charge >= 0.3 is 5.97 Å². The molecular weight excluding hydrogens is 266 g/mol. The number of benzene rings is 2. The second-order valence-corrected chi connectivity index (χ2v) is 5.34. The summed E-state index contributed by atoms with van der Waals surface area (Å²) < 4.78 is 5.33. The number of aliphatic hydroxyl groups excluding tert-OH is 1. The number of fused-ring (bicyclic) bond motifs is 1. The first-order chi connectivity index (χ1) is 10.1. The van der Waals surface area contributed by atoms with Gasteiger partial charge in [-0.05, 0) is 23.8 Å². The lowest BCUT2D eigenvalue weighted by molar-refractivity contribution is -0.0102. The number of rotatable bonds is 3. The predicted molar refractivity (Wildman–Crippen MR) is 80.3 cm³/mol. The number of cyclic esters (lactones) is 1. The van der Waals surface area contributed by atoms with E-state index >= 15 is 0 Å². The largest absolute Gasteiger partial charge is 0.451 e. The van der Waals surface area contributed by atoms with Crippen LogP contribution in [-0.4, -0.2) is 25.2 Å². The number of nitrogens with zero attached hydrogens (tertiary/aromatic N) is 1. The number of anilines is 1. The molecule has 0 saturated carbocycles. The molecule has 0 spiro atoms. The lowest BCUT2D eigenvalue weighted by Crippen LogP contribution is -2.12. The minimum atomic E-state index is -0.867. The van der Waals surface area contributed by atoms with Gasteiger partial charge in [0.15, 0.2) is 6.10 Å². The van der Waals surface area contributed by atoms with Crippen molar-refractivity contribution >= 4 is 11.7 Å². The summed E-state index contributed by atoms with van der Waals surface area (Å²) >= 11 is 0. The molecule has 0 amide bonds. The maximum absolute atomic E-state index is 11.8. The summed E-state index contributed by atoms with van der Waals surface area (Å²) in [7, 11) is 3.92. The number of carbonyl (C=O) groups is 1. The second kappa shape index (κ2) is 5.22. The maximum Gasteiger partial charge on any atom is 0.339 e. The normalized spacial score (nSPS) is 18.0. The standard InChI is InChI=1S/C17H17NO3/c1-18(2)12-9-7-11(8-10-12)15(19)16-13-5-3-4-6-14(13)17(20)21-16/h3-10,15-16,19H,1-2H3/t15-,16+/m1/s1. The van der Waals surface area contributed by atoms with E-state index in [1.165, 1.54) is 0 Å². The van der Waals surface area contributed by atoms with E-state index < -0.39 is 12.2 Å². The van der Waals surface area contributed by atoms with Crippen LogP contribution in [0.2, 0.25) is 0 Å². The fourth-order valence-electron chi connectivity index (χ4n) is 2.55. The summed E-state index contributed by atoms with van der Waals surface area (Å²) in [6.07, 6.45) is -1.51. The minimum absolute atomic E-state index is 0.375. The van der Waals surface area contributed by atoms with Crippen LogP contribution in [-0.2, 0) is 4.74 Å². The Kier molecular flexibility index (Phi) is 3.39. The summed E-state index contributed by atoms with van der Waals surface area (Å²) in [6.45, 7) is 0. The van der Waals surface area contributed by atoms with Gasteiger partial charge in [0.05, 0.1) is 5.56 Å². The average Bonchev–Trinajstić information content (AvgIpc) is 2.84. The first-order valence-corrected chi connectivity index (χ1v) is 6.83. The predicted octanol–water partition coefficient (Wildman–Crippen LogP) is 2.70. The molecule has 2 atom stereocenters. The SMILES string of the molecule is CN(C)c1ccc([C@@H](O)[C@H]2OC(=O)c3ccccc32)cc1. The maximum atomic E-state index is 11.8. The van der Waals surface area contributed by atoms with Gasteiger partial charge in [-0.2, -0.15) is 0 Å². The molecule has 108 valence electrons. The zero-order chi connectivity index (χ0) is 15.0. The average molecular weight is 283 g/mol. The molecule has 4 nitrogen and oxygen atoms in total. The molecule has 21 heavy (non-hydrogen) atoms. The van der Waals surface area contributed by atoms with Crippen molar-refractivity contribution in [2.45, 2.75) is 12.2 Å². The third kappa shape index (κ3) is 2.38. The van der Waals surface area contributed by atoms with Crippen LogP contribution in [0.15, 0.2) is 48.5 Å². The van der Waals surface area contributed by atoms with Gasteiger partial charge in [-0.25, -0.2) is 4.79 Å². The molecular formula is C17H17NO3. The summed E-state index contributed by atoms with van der Waals surface area (Å²) in [5.74, 6) is -0.375. The van der Waals surface area contributed by atoms with Gasteiger partial charge in [0.25, 0.3) is 0 Å². The van der Waals surface area contributed by atoms with Gasteiger partial charge in [-0.3, -0.25) is 0 Å². The number of hydrogen-bond donors (Lipinski definition) is 1. The molecule has 1 heterocycles. The first-order valence-electron chi connectivity index (χ1n) is 6.83. The minimum Gasteiger partial charge on any atom is -0.451 e. The summed E-state index contributed by atoms with van der Waals surface area (Å²) in [5, 5.41) is 10.5. The topological polar surface area (TPSA) is 49.8 Å². The molecule has 0 unspecified atom stereocenters. The molecule has 2 aromatic carbocycles. The summed E-state index contributed by atoms with van der Waals surface area (Å²) in [6, 6.07) is 14.8. The highest BCUT2D eigenvalue weighted by Gasteiger charge is 2.36. The van der Waals surface area contributed by atoms with E-state index in [-0.39, 0.29) is 5.97 Å². The number of aliphatic hydroxyl groups is 1. The highest BCUT2D eigenvalue weighted by molar-refractivity contribution is 5.94. The number of hydrogen-bond acceptors (Lipinski definition) is 4. The van der Waals surface area contributed by atoms with E-state index in [0.29, 0.717) is 5.56 Å². The highest BCUT2D eigenvalue weighted by atomic mass is 16.6. The Balaban J connectivity index is 1.89. The Bertz CT molecular complexity index is 664. The van der Waals surface area contributed by atoms with Crippen LogP contribution < -0.4 is 4.90 Å². The third-order valence-corrected chi connectivity index (χ3v) is 3.76. The van der Waals surface area contributed by atoms with Crippen molar-refractivity contribution in [3.8, 4) is 0 Å². The Morgan fingerprint density at radius 2 is 1.76 bits per heavy atom. The fourth-order valence-corrected chi connectivity index (χ4v) is 2.55. The fraction of sp³-hybridized carbons (Fsp3) is 0.235. The zero-order valence-corrected chi connectivity index (χ0v) is 12.0. The number of carbonyl (C=O) groups excluding carboxylic acids is 1. The van der Waals surface area contributed by atoms with Crippen molar-refractivity contribution in [1.29, 1.82) is 0 Å². The van der Waals surface area contributed by atoms with Crippen LogP contribution in [0, 0.1) is 0 Å². The Hall–Kier alpha value is -2.33. The molecule has 0 fully saturated rings. The quantitative estimate of drug-likeness (QED) is 0.880. The smallest absolute Gasteiger partial charge is 0.339 e. The van der Waals surface area contributed by atoms with Crippen molar-refractivity contribution in [3.63, 3.8) is 0 Å². The summed E-state index contributed by atoms with van der Waals surface area (Å²) in [5.41, 5.74) is 3.06. The Labute approximate surface area is 123 Å². The van der Waals surface area contributed by atoms with E-state index in [2.05, 4.69) is 0 Å². The highest BCUT2D eigenvalue weighted by Crippen LogP contribution is 2.39. The van der Waals surface area contributed by atoms with Crippen LogP contribution in [0.4, 0.5) is 5.69 Å². The molecule has 2 aromatic rings. The monoisotopic (exact) mass is 283 g/mol. The van der Waals surface area contributed by atoms with Crippen molar-refractivity contribution in [1.82, 2.24) is 0 Å². The molecule has 4 heteroatoms. The van der Waals surface area contributed by atoms with Crippen LogP contribution in [0.1, 0.15) is 33.7 Å². The van der Waals surface area contributed by atoms with Crippen LogP contribution in [0.25, 0.3) is 0 Å². The van der Waals surface area contributed by atoms with Crippen molar-refractivity contribution in [2.24, 2.45) is 0 Å². The van der Waals surface area contributed by atoms with Gasteiger partial charge in [0, 0.05) is 25.3 Å². The van der Waals surface area contributed by atoms with Crippen LogP contribution in [0.5, 0.6) is 0 Å². The molecule has 0 aromatic heterocycles. The Morgan fingerprint density at radius 1 is 1.10 bits per heavy atom. The van der Waals surface area contributed by atoms with Gasteiger partial charge in [-0.1, -0.05) is 30.3 Å². The molecule has 0 bridgehead atoms. The van der Waals surface area contributed by atoms with E-state index in [4.69, 9.17) is 4.74 Å². The van der Waals surface area contributed by atoms with E-state index in [0.717, 1.165) is 16.8 Å². The molecule has 0 aliphatic carbocycles. The Morgan fingerprint density at radius 3 is 2.43 bits per heavy atom. The molecule has 1 aliphatic rings. The molecule has 0 saturated heterocycles. The number of esters is 1. The van der Waals surface area contributed by atoms with E-state index in [1.807, 2.05) is 55.4 Å². The van der Waals surface area contributed by atoms with Crippen LogP contribution in [0.3, 0.4) is 0 Å². The van der Waals surface area contributed by atoms with Crippen molar-refractivity contribution in [3.05, 3.63) is 65.2 Å². The molecule has 0 radical (unpaired) electrons. The van der Waals surface area contributed by atoms with Crippen molar-refractivity contribution < 1.29 is 14.6 Å². The van der Waals surface area contributed by atoms with E-state index in [1.54, 1.807) is 12.1 Å².